The van der Waals surface area contributed by atoms with Crippen molar-refractivity contribution in [3.05, 3.63) is 74.1 Å². The standard InChI is InChI=1S/C26H29N3O3S/c1-25(2,3)32-24(31)29-13-7-10-20-19(15-29)22(30)28-23(27-20)26(11-12-26)21-14-18(16-33-21)17-8-5-4-6-9-17/h4-6,8-9,14,16H,7,10-13,15H2,1-3H3,(H,27,28,30). The van der Waals surface area contributed by atoms with Gasteiger partial charge in [-0.05, 0) is 69.0 Å². The Morgan fingerprint density at radius 2 is 1.94 bits per heavy atom. The lowest BCUT2D eigenvalue weighted by molar-refractivity contribution is 0.0236. The Bertz CT molecular complexity index is 1240. The van der Waals surface area contributed by atoms with Gasteiger partial charge in [-0.25, -0.2) is 9.78 Å². The van der Waals surface area contributed by atoms with E-state index in [1.165, 1.54) is 16.0 Å². The molecule has 6 nitrogen and oxygen atoms in total. The zero-order valence-corrected chi connectivity index (χ0v) is 20.1. The molecule has 1 amide bonds. The summed E-state index contributed by atoms with van der Waals surface area (Å²) in [5.41, 5.74) is 2.87. The van der Waals surface area contributed by atoms with Crippen molar-refractivity contribution in [1.82, 2.24) is 14.9 Å². The summed E-state index contributed by atoms with van der Waals surface area (Å²) in [4.78, 5) is 36.7. The van der Waals surface area contributed by atoms with E-state index in [2.05, 4.69) is 28.6 Å². The van der Waals surface area contributed by atoms with Crippen LogP contribution in [0.1, 0.15) is 62.0 Å². The number of nitrogens with one attached hydrogen (secondary N) is 1. The van der Waals surface area contributed by atoms with Crippen LogP contribution in [-0.4, -0.2) is 33.1 Å². The van der Waals surface area contributed by atoms with Crippen LogP contribution in [0.15, 0.2) is 46.6 Å². The van der Waals surface area contributed by atoms with Crippen LogP contribution in [0.5, 0.6) is 0 Å². The monoisotopic (exact) mass is 463 g/mol. The summed E-state index contributed by atoms with van der Waals surface area (Å²) in [5.74, 6) is 0.762. The molecule has 7 heteroatoms. The van der Waals surface area contributed by atoms with Gasteiger partial charge in [0, 0.05) is 11.4 Å². The molecule has 0 unspecified atom stereocenters. The first-order chi connectivity index (χ1) is 15.7. The minimum Gasteiger partial charge on any atom is -0.444 e. The number of carbonyl (C=O) groups excluding carboxylic acids is 1. The van der Waals surface area contributed by atoms with Crippen LogP contribution in [-0.2, 0) is 23.1 Å². The summed E-state index contributed by atoms with van der Waals surface area (Å²) in [6.45, 7) is 6.33. The number of hydrogen-bond acceptors (Lipinski definition) is 5. The van der Waals surface area contributed by atoms with Crippen LogP contribution in [0.4, 0.5) is 4.79 Å². The third-order valence-corrected chi connectivity index (χ3v) is 7.46. The van der Waals surface area contributed by atoms with Gasteiger partial charge in [0.05, 0.1) is 23.2 Å². The van der Waals surface area contributed by atoms with Gasteiger partial charge in [-0.1, -0.05) is 30.3 Å². The fourth-order valence-electron chi connectivity index (χ4n) is 4.42. The van der Waals surface area contributed by atoms with Crippen LogP contribution in [0.3, 0.4) is 0 Å². The molecule has 2 aliphatic rings. The Morgan fingerprint density at radius 1 is 1.18 bits per heavy atom. The Balaban J connectivity index is 1.43. The largest absolute Gasteiger partial charge is 0.444 e. The van der Waals surface area contributed by atoms with Crippen LogP contribution in [0.25, 0.3) is 11.1 Å². The van der Waals surface area contributed by atoms with Crippen LogP contribution in [0, 0.1) is 0 Å². The first kappa shape index (κ1) is 21.9. The van der Waals surface area contributed by atoms with Gasteiger partial charge in [-0.2, -0.15) is 0 Å². The smallest absolute Gasteiger partial charge is 0.410 e. The van der Waals surface area contributed by atoms with Gasteiger partial charge in [0.15, 0.2) is 0 Å². The number of fused-ring (bicyclic) bond motifs is 1. The molecule has 5 rings (SSSR count). The minimum absolute atomic E-state index is 0.142. The molecule has 33 heavy (non-hydrogen) atoms. The van der Waals surface area contributed by atoms with Crippen molar-refractivity contribution in [3.63, 3.8) is 0 Å². The molecule has 1 fully saturated rings. The van der Waals surface area contributed by atoms with Crippen LogP contribution < -0.4 is 5.56 Å². The lowest BCUT2D eigenvalue weighted by Crippen LogP contribution is -2.37. The molecule has 0 atom stereocenters. The van der Waals surface area contributed by atoms with Gasteiger partial charge in [-0.15, -0.1) is 11.3 Å². The maximum absolute atomic E-state index is 13.2. The predicted octanol–water partition coefficient (Wildman–Crippen LogP) is 5.26. The Hall–Kier alpha value is -2.93. The highest BCUT2D eigenvalue weighted by atomic mass is 32.1. The molecule has 1 aliphatic carbocycles. The molecule has 1 saturated carbocycles. The normalized spacial score (nSPS) is 17.2. The maximum Gasteiger partial charge on any atom is 0.410 e. The van der Waals surface area contributed by atoms with Gasteiger partial charge < -0.3 is 14.6 Å². The number of aromatic amines is 1. The predicted molar refractivity (Wildman–Crippen MR) is 130 cm³/mol. The summed E-state index contributed by atoms with van der Waals surface area (Å²) in [6.07, 6.45) is 3.01. The highest BCUT2D eigenvalue weighted by Gasteiger charge is 2.50. The second-order valence-electron chi connectivity index (χ2n) is 9.99. The first-order valence-corrected chi connectivity index (χ1v) is 12.4. The van der Waals surface area contributed by atoms with Gasteiger partial charge in [0.2, 0.25) is 0 Å². The highest BCUT2D eigenvalue weighted by molar-refractivity contribution is 7.10. The molecule has 3 heterocycles. The number of aromatic nitrogens is 2. The van der Waals surface area contributed by atoms with Gasteiger partial charge in [0.25, 0.3) is 5.56 Å². The molecule has 172 valence electrons. The lowest BCUT2D eigenvalue weighted by Gasteiger charge is -2.26. The number of aryl methyl sites for hydroxylation is 1. The van der Waals surface area contributed by atoms with Crippen molar-refractivity contribution < 1.29 is 9.53 Å². The Labute approximate surface area is 197 Å². The number of benzene rings is 1. The average molecular weight is 464 g/mol. The van der Waals surface area contributed by atoms with E-state index in [1.54, 1.807) is 16.2 Å². The summed E-state index contributed by atoms with van der Waals surface area (Å²) in [6, 6.07) is 12.6. The summed E-state index contributed by atoms with van der Waals surface area (Å²) in [7, 11) is 0. The quantitative estimate of drug-likeness (QED) is 0.575. The molecule has 1 aromatic carbocycles. The van der Waals surface area contributed by atoms with E-state index >= 15 is 0 Å². The molecule has 1 aliphatic heterocycles. The van der Waals surface area contributed by atoms with E-state index in [0.717, 1.165) is 30.8 Å². The van der Waals surface area contributed by atoms with E-state index in [0.29, 0.717) is 18.5 Å². The Kier molecular flexibility index (Phi) is 5.40. The first-order valence-electron chi connectivity index (χ1n) is 11.5. The van der Waals surface area contributed by atoms with Gasteiger partial charge in [-0.3, -0.25) is 4.79 Å². The van der Waals surface area contributed by atoms with Crippen molar-refractivity contribution >= 4 is 17.4 Å². The number of hydrogen-bond donors (Lipinski definition) is 1. The van der Waals surface area contributed by atoms with E-state index in [9.17, 15) is 9.59 Å². The fourth-order valence-corrected chi connectivity index (χ4v) is 5.60. The highest BCUT2D eigenvalue weighted by Crippen LogP contribution is 2.54. The number of carbonyl (C=O) groups is 1. The maximum atomic E-state index is 13.2. The lowest BCUT2D eigenvalue weighted by atomic mass is 10.0. The van der Waals surface area contributed by atoms with Crippen molar-refractivity contribution in [2.75, 3.05) is 6.54 Å². The fraction of sp³-hybridized carbons (Fsp3) is 0.423. The zero-order chi connectivity index (χ0) is 23.2. The SMILES string of the molecule is CC(C)(C)OC(=O)N1CCCc2nc(C3(c4cc(-c5ccccc5)cs4)CC3)[nH]c(=O)c2C1. The average Bonchev–Trinajstić information content (AvgIpc) is 3.48. The molecule has 0 saturated heterocycles. The zero-order valence-electron chi connectivity index (χ0n) is 19.3. The topological polar surface area (TPSA) is 75.3 Å². The molecular formula is C26H29N3O3S. The van der Waals surface area contributed by atoms with Crippen LogP contribution in [0.2, 0.25) is 0 Å². The molecular weight excluding hydrogens is 434 g/mol. The van der Waals surface area contributed by atoms with Crippen molar-refractivity contribution in [1.29, 1.82) is 0 Å². The molecule has 0 radical (unpaired) electrons. The van der Waals surface area contributed by atoms with E-state index in [4.69, 9.17) is 9.72 Å². The second-order valence-corrected chi connectivity index (χ2v) is 10.9. The number of rotatable bonds is 3. The van der Waals surface area contributed by atoms with Gasteiger partial charge >= 0.3 is 6.09 Å². The van der Waals surface area contributed by atoms with Crippen molar-refractivity contribution in [2.24, 2.45) is 0 Å². The minimum atomic E-state index is -0.571. The molecule has 2 aromatic heterocycles. The number of thiophene rings is 1. The van der Waals surface area contributed by atoms with Crippen molar-refractivity contribution in [2.45, 2.75) is 64.0 Å². The summed E-state index contributed by atoms with van der Waals surface area (Å²) < 4.78 is 5.53. The summed E-state index contributed by atoms with van der Waals surface area (Å²) >= 11 is 1.73. The molecule has 3 aromatic rings. The third kappa shape index (κ3) is 4.34. The Morgan fingerprint density at radius 3 is 2.64 bits per heavy atom. The van der Waals surface area contributed by atoms with Crippen LogP contribution >= 0.6 is 11.3 Å². The van der Waals surface area contributed by atoms with E-state index < -0.39 is 5.60 Å². The number of H-pyrrole nitrogens is 1. The van der Waals surface area contributed by atoms with E-state index in [1.807, 2.05) is 39.0 Å². The molecule has 0 spiro atoms. The summed E-state index contributed by atoms with van der Waals surface area (Å²) in [5, 5.41) is 2.19. The van der Waals surface area contributed by atoms with Gasteiger partial charge in [0.1, 0.15) is 11.4 Å². The third-order valence-electron chi connectivity index (χ3n) is 6.32. The van der Waals surface area contributed by atoms with E-state index in [-0.39, 0.29) is 23.6 Å². The second kappa shape index (κ2) is 8.13. The van der Waals surface area contributed by atoms with Crippen molar-refractivity contribution in [3.8, 4) is 11.1 Å². The number of ether oxygens (including phenoxy) is 1. The number of nitrogens with zero attached hydrogens (tertiary/aromatic N) is 2. The molecule has 0 bridgehead atoms. The number of amides is 1. The molecule has 1 N–H and O–H groups in total.